The van der Waals surface area contributed by atoms with Gasteiger partial charge >= 0.3 is 0 Å². The molecular weight excluding hydrogens is 354 g/mol. The number of hydrogen-bond acceptors (Lipinski definition) is 1. The van der Waals surface area contributed by atoms with Gasteiger partial charge in [0.05, 0.1) is 0 Å². The minimum atomic E-state index is -1.65. The Morgan fingerprint density at radius 3 is 2.24 bits per heavy atom. The van der Waals surface area contributed by atoms with Gasteiger partial charge in [0.1, 0.15) is 5.82 Å². The summed E-state index contributed by atoms with van der Waals surface area (Å²) in [5.74, 6) is -5.95. The van der Waals surface area contributed by atoms with Crippen molar-refractivity contribution in [2.24, 2.45) is 0 Å². The molecule has 0 saturated heterocycles. The highest BCUT2D eigenvalue weighted by atomic mass is 79.9. The Labute approximate surface area is 125 Å². The molecule has 2 aromatic carbocycles. The Bertz CT molecular complexity index is 682. The molecular formula is C14H8BrF4NO. The summed E-state index contributed by atoms with van der Waals surface area (Å²) in [6.45, 7) is -0.176. The number of nitrogens with one attached hydrogen (secondary N) is 1. The van der Waals surface area contributed by atoms with Gasteiger partial charge in [-0.2, -0.15) is 0 Å². The van der Waals surface area contributed by atoms with Crippen LogP contribution in [-0.2, 0) is 6.54 Å². The van der Waals surface area contributed by atoms with Crippen LogP contribution in [0.1, 0.15) is 15.9 Å². The van der Waals surface area contributed by atoms with Crippen LogP contribution in [0.15, 0.2) is 34.8 Å². The van der Waals surface area contributed by atoms with Gasteiger partial charge in [-0.3, -0.25) is 4.79 Å². The van der Waals surface area contributed by atoms with E-state index in [0.29, 0.717) is 16.6 Å². The van der Waals surface area contributed by atoms with Gasteiger partial charge in [-0.25, -0.2) is 17.6 Å². The summed E-state index contributed by atoms with van der Waals surface area (Å²) in [6.07, 6.45) is 0. The summed E-state index contributed by atoms with van der Waals surface area (Å²) in [4.78, 5) is 11.7. The van der Waals surface area contributed by atoms with Crippen molar-refractivity contribution in [1.29, 1.82) is 0 Å². The minimum Gasteiger partial charge on any atom is -0.348 e. The summed E-state index contributed by atoms with van der Waals surface area (Å²) in [5.41, 5.74) is -0.192. The Balaban J connectivity index is 2.13. The Hall–Kier alpha value is -1.89. The van der Waals surface area contributed by atoms with Crippen LogP contribution < -0.4 is 5.32 Å². The Morgan fingerprint density at radius 2 is 1.62 bits per heavy atom. The van der Waals surface area contributed by atoms with Crippen molar-refractivity contribution in [3.8, 4) is 0 Å². The van der Waals surface area contributed by atoms with E-state index in [-0.39, 0.29) is 17.7 Å². The van der Waals surface area contributed by atoms with Gasteiger partial charge in [-0.15, -0.1) is 0 Å². The molecule has 1 amide bonds. The van der Waals surface area contributed by atoms with E-state index in [4.69, 9.17) is 0 Å². The molecule has 0 heterocycles. The van der Waals surface area contributed by atoms with E-state index in [0.717, 1.165) is 0 Å². The number of benzene rings is 2. The fraction of sp³-hybridized carbons (Fsp3) is 0.0714. The van der Waals surface area contributed by atoms with Crippen LogP contribution in [0.4, 0.5) is 17.6 Å². The van der Waals surface area contributed by atoms with Crippen LogP contribution in [-0.4, -0.2) is 5.91 Å². The lowest BCUT2D eigenvalue weighted by molar-refractivity contribution is 0.0949. The zero-order valence-electron chi connectivity index (χ0n) is 10.4. The SMILES string of the molecule is O=C(NCc1cc(Br)ccc1F)c1cc(F)c(F)c(F)c1. The van der Waals surface area contributed by atoms with Crippen LogP contribution in [0, 0.1) is 23.3 Å². The molecule has 0 aliphatic heterocycles. The molecule has 1 N–H and O–H groups in total. The number of carbonyl (C=O) groups is 1. The lowest BCUT2D eigenvalue weighted by Gasteiger charge is -2.07. The smallest absolute Gasteiger partial charge is 0.251 e. The number of halogens is 5. The first-order valence-electron chi connectivity index (χ1n) is 5.75. The fourth-order valence-corrected chi connectivity index (χ4v) is 2.05. The highest BCUT2D eigenvalue weighted by molar-refractivity contribution is 9.10. The number of carbonyl (C=O) groups excluding carboxylic acids is 1. The Morgan fingerprint density at radius 1 is 1.00 bits per heavy atom. The van der Waals surface area contributed by atoms with Crippen molar-refractivity contribution in [3.63, 3.8) is 0 Å². The maximum atomic E-state index is 13.5. The average Bonchev–Trinajstić information content (AvgIpc) is 2.44. The zero-order chi connectivity index (χ0) is 15.6. The molecule has 0 unspecified atom stereocenters. The summed E-state index contributed by atoms with van der Waals surface area (Å²) < 4.78 is 52.9. The minimum absolute atomic E-state index is 0.176. The lowest BCUT2D eigenvalue weighted by atomic mass is 10.1. The maximum Gasteiger partial charge on any atom is 0.251 e. The van der Waals surface area contributed by atoms with Gasteiger partial charge in [0, 0.05) is 22.1 Å². The van der Waals surface area contributed by atoms with E-state index in [1.165, 1.54) is 18.2 Å². The van der Waals surface area contributed by atoms with E-state index < -0.39 is 29.2 Å². The second-order valence-corrected chi connectivity index (χ2v) is 5.09. The molecule has 0 aliphatic carbocycles. The Kier molecular flexibility index (Phi) is 4.62. The second-order valence-electron chi connectivity index (χ2n) is 4.17. The van der Waals surface area contributed by atoms with E-state index >= 15 is 0 Å². The average molecular weight is 362 g/mol. The number of rotatable bonds is 3. The third kappa shape index (κ3) is 3.60. The van der Waals surface area contributed by atoms with Gasteiger partial charge < -0.3 is 5.32 Å². The van der Waals surface area contributed by atoms with Gasteiger partial charge in [0.25, 0.3) is 5.91 Å². The van der Waals surface area contributed by atoms with Crippen LogP contribution in [0.3, 0.4) is 0 Å². The first-order valence-corrected chi connectivity index (χ1v) is 6.54. The van der Waals surface area contributed by atoms with Crippen LogP contribution in [0.5, 0.6) is 0 Å². The molecule has 0 fully saturated rings. The van der Waals surface area contributed by atoms with E-state index in [2.05, 4.69) is 21.2 Å². The van der Waals surface area contributed by atoms with Gasteiger partial charge in [0.15, 0.2) is 17.5 Å². The van der Waals surface area contributed by atoms with Crippen molar-refractivity contribution in [2.75, 3.05) is 0 Å². The fourth-order valence-electron chi connectivity index (χ4n) is 1.64. The second kappa shape index (κ2) is 6.26. The normalized spacial score (nSPS) is 10.5. The monoisotopic (exact) mass is 361 g/mol. The van der Waals surface area contributed by atoms with Crippen molar-refractivity contribution < 1.29 is 22.4 Å². The van der Waals surface area contributed by atoms with Gasteiger partial charge in [-0.05, 0) is 30.3 Å². The molecule has 7 heteroatoms. The first-order chi connectivity index (χ1) is 9.88. The number of hydrogen-bond donors (Lipinski definition) is 1. The molecule has 0 aromatic heterocycles. The third-order valence-electron chi connectivity index (χ3n) is 2.69. The molecule has 110 valence electrons. The molecule has 0 bridgehead atoms. The predicted octanol–water partition coefficient (Wildman–Crippen LogP) is 3.94. The lowest BCUT2D eigenvalue weighted by Crippen LogP contribution is -2.23. The van der Waals surface area contributed by atoms with E-state index in [9.17, 15) is 22.4 Å². The molecule has 0 aliphatic rings. The van der Waals surface area contributed by atoms with Crippen molar-refractivity contribution in [1.82, 2.24) is 5.32 Å². The quantitative estimate of drug-likeness (QED) is 0.651. The van der Waals surface area contributed by atoms with Crippen molar-refractivity contribution >= 4 is 21.8 Å². The van der Waals surface area contributed by atoms with Gasteiger partial charge in [0.2, 0.25) is 0 Å². The summed E-state index contributed by atoms with van der Waals surface area (Å²) in [5, 5.41) is 2.30. The largest absolute Gasteiger partial charge is 0.348 e. The molecule has 2 aromatic rings. The topological polar surface area (TPSA) is 29.1 Å². The molecule has 0 atom stereocenters. The van der Waals surface area contributed by atoms with Crippen molar-refractivity contribution in [2.45, 2.75) is 6.54 Å². The molecule has 2 rings (SSSR count). The van der Waals surface area contributed by atoms with Crippen LogP contribution >= 0.6 is 15.9 Å². The molecule has 0 spiro atoms. The zero-order valence-corrected chi connectivity index (χ0v) is 12.0. The van der Waals surface area contributed by atoms with Crippen LogP contribution in [0.25, 0.3) is 0 Å². The summed E-state index contributed by atoms with van der Waals surface area (Å²) in [7, 11) is 0. The van der Waals surface area contributed by atoms with E-state index in [1.807, 2.05) is 0 Å². The standard InChI is InChI=1S/C14H8BrF4NO/c15-9-1-2-10(16)8(3-9)6-20-14(21)7-4-11(17)13(19)12(18)5-7/h1-5H,6H2,(H,20,21). The predicted molar refractivity (Wildman–Crippen MR) is 71.6 cm³/mol. The first kappa shape index (κ1) is 15.5. The molecule has 21 heavy (non-hydrogen) atoms. The summed E-state index contributed by atoms with van der Waals surface area (Å²) in [6, 6.07) is 5.31. The van der Waals surface area contributed by atoms with E-state index in [1.54, 1.807) is 0 Å². The third-order valence-corrected chi connectivity index (χ3v) is 3.19. The van der Waals surface area contributed by atoms with Crippen LogP contribution in [0.2, 0.25) is 0 Å². The van der Waals surface area contributed by atoms with Gasteiger partial charge in [-0.1, -0.05) is 15.9 Å². The maximum absolute atomic E-state index is 13.5. The highest BCUT2D eigenvalue weighted by Crippen LogP contribution is 2.16. The molecule has 0 saturated carbocycles. The highest BCUT2D eigenvalue weighted by Gasteiger charge is 2.15. The number of amides is 1. The van der Waals surface area contributed by atoms with Crippen molar-refractivity contribution in [3.05, 3.63) is 69.2 Å². The summed E-state index contributed by atoms with van der Waals surface area (Å²) >= 11 is 3.16. The molecule has 2 nitrogen and oxygen atoms in total. The molecule has 0 radical (unpaired) electrons.